The van der Waals surface area contributed by atoms with E-state index in [9.17, 15) is 4.79 Å². The fraction of sp³-hybridized carbons (Fsp3) is 0.588. The normalized spacial score (nSPS) is 25.3. The van der Waals surface area contributed by atoms with Crippen molar-refractivity contribution in [3.8, 4) is 0 Å². The molecule has 2 aliphatic rings. The molecule has 21 heavy (non-hydrogen) atoms. The first kappa shape index (κ1) is 14.4. The van der Waals surface area contributed by atoms with Crippen LogP contribution < -0.4 is 10.6 Å². The van der Waals surface area contributed by atoms with Gasteiger partial charge in [-0.05, 0) is 31.2 Å². The summed E-state index contributed by atoms with van der Waals surface area (Å²) in [5.74, 6) is 0. The summed E-state index contributed by atoms with van der Waals surface area (Å²) in [5, 5.41) is 6.70. The molecule has 0 bridgehead atoms. The molecule has 0 heterocycles. The van der Waals surface area contributed by atoms with E-state index in [0.717, 1.165) is 18.4 Å². The minimum Gasteiger partial charge on any atom is -0.445 e. The Hall–Kier alpha value is -1.55. The number of benzene rings is 1. The summed E-state index contributed by atoms with van der Waals surface area (Å²) in [5.41, 5.74) is 1.02. The molecule has 0 radical (unpaired) electrons. The summed E-state index contributed by atoms with van der Waals surface area (Å²) in [6.45, 7) is 0.333. The van der Waals surface area contributed by atoms with Gasteiger partial charge in [0.25, 0.3) is 0 Å². The second-order valence-electron chi connectivity index (χ2n) is 6.14. The molecule has 2 fully saturated rings. The van der Waals surface area contributed by atoms with E-state index in [-0.39, 0.29) is 12.1 Å². The molecule has 0 saturated heterocycles. The van der Waals surface area contributed by atoms with E-state index in [1.807, 2.05) is 30.3 Å². The maximum absolute atomic E-state index is 12.0. The Morgan fingerprint density at radius 1 is 1.05 bits per heavy atom. The van der Waals surface area contributed by atoms with Crippen molar-refractivity contribution in [3.05, 3.63) is 35.9 Å². The highest BCUT2D eigenvalue weighted by molar-refractivity contribution is 5.67. The predicted molar refractivity (Wildman–Crippen MR) is 82.0 cm³/mol. The molecule has 2 N–H and O–H groups in total. The van der Waals surface area contributed by atoms with Crippen molar-refractivity contribution in [3.63, 3.8) is 0 Å². The van der Waals surface area contributed by atoms with Crippen molar-refractivity contribution in [1.29, 1.82) is 0 Å². The van der Waals surface area contributed by atoms with Gasteiger partial charge in [-0.3, -0.25) is 0 Å². The molecule has 1 aromatic carbocycles. The van der Waals surface area contributed by atoms with Crippen LogP contribution in [0.25, 0.3) is 0 Å². The van der Waals surface area contributed by atoms with E-state index >= 15 is 0 Å². The lowest BCUT2D eigenvalue weighted by Gasteiger charge is -2.32. The lowest BCUT2D eigenvalue weighted by molar-refractivity contribution is 0.129. The molecule has 2 atom stereocenters. The van der Waals surface area contributed by atoms with Crippen molar-refractivity contribution in [2.24, 2.45) is 0 Å². The van der Waals surface area contributed by atoms with Gasteiger partial charge in [-0.15, -0.1) is 0 Å². The molecule has 1 amide bonds. The van der Waals surface area contributed by atoms with Gasteiger partial charge < -0.3 is 15.4 Å². The molecule has 0 aliphatic heterocycles. The van der Waals surface area contributed by atoms with Crippen LogP contribution in [0.2, 0.25) is 0 Å². The molecule has 0 spiro atoms. The summed E-state index contributed by atoms with van der Waals surface area (Å²) < 4.78 is 5.32. The van der Waals surface area contributed by atoms with Crippen molar-refractivity contribution < 1.29 is 9.53 Å². The van der Waals surface area contributed by atoms with Crippen LogP contribution in [-0.4, -0.2) is 24.2 Å². The number of carbonyl (C=O) groups is 1. The van der Waals surface area contributed by atoms with Gasteiger partial charge in [0.2, 0.25) is 0 Å². The van der Waals surface area contributed by atoms with Gasteiger partial charge in [0.1, 0.15) is 6.61 Å². The average molecular weight is 288 g/mol. The zero-order valence-corrected chi connectivity index (χ0v) is 12.4. The van der Waals surface area contributed by atoms with Gasteiger partial charge in [0.15, 0.2) is 0 Å². The Balaban J connectivity index is 1.45. The summed E-state index contributed by atoms with van der Waals surface area (Å²) in [4.78, 5) is 12.0. The predicted octanol–water partition coefficient (Wildman–Crippen LogP) is 2.98. The maximum Gasteiger partial charge on any atom is 0.407 e. The van der Waals surface area contributed by atoms with Crippen LogP contribution in [0.1, 0.15) is 44.1 Å². The topological polar surface area (TPSA) is 50.4 Å². The van der Waals surface area contributed by atoms with Crippen LogP contribution in [0, 0.1) is 0 Å². The number of carbonyl (C=O) groups excluding carboxylic acids is 1. The summed E-state index contributed by atoms with van der Waals surface area (Å²) in [6, 6.07) is 11.1. The first-order chi connectivity index (χ1) is 10.3. The minimum absolute atomic E-state index is 0.211. The van der Waals surface area contributed by atoms with Crippen LogP contribution in [0.3, 0.4) is 0 Å². The van der Waals surface area contributed by atoms with Crippen LogP contribution in [0.15, 0.2) is 30.3 Å². The van der Waals surface area contributed by atoms with E-state index in [2.05, 4.69) is 10.6 Å². The molecule has 2 aliphatic carbocycles. The van der Waals surface area contributed by atoms with E-state index in [1.54, 1.807) is 0 Å². The number of alkyl carbamates (subject to hydrolysis) is 1. The second kappa shape index (κ2) is 6.94. The van der Waals surface area contributed by atoms with Crippen molar-refractivity contribution in [1.82, 2.24) is 10.6 Å². The van der Waals surface area contributed by atoms with Crippen LogP contribution in [-0.2, 0) is 11.3 Å². The average Bonchev–Trinajstić information content (AvgIpc) is 3.32. The van der Waals surface area contributed by atoms with Gasteiger partial charge in [0.05, 0.1) is 0 Å². The summed E-state index contributed by atoms with van der Waals surface area (Å²) in [6.07, 6.45) is 6.90. The Morgan fingerprint density at radius 2 is 1.76 bits per heavy atom. The molecule has 114 valence electrons. The molecule has 0 unspecified atom stereocenters. The van der Waals surface area contributed by atoms with Gasteiger partial charge in [-0.1, -0.05) is 43.2 Å². The number of ether oxygens (including phenoxy) is 1. The fourth-order valence-electron chi connectivity index (χ4n) is 2.97. The lowest BCUT2D eigenvalue weighted by atomic mass is 9.90. The zero-order chi connectivity index (χ0) is 14.5. The highest BCUT2D eigenvalue weighted by Gasteiger charge is 2.31. The molecular formula is C17H24N2O2. The molecule has 0 aromatic heterocycles. The highest BCUT2D eigenvalue weighted by atomic mass is 16.5. The van der Waals surface area contributed by atoms with Crippen LogP contribution in [0.4, 0.5) is 4.79 Å². The maximum atomic E-state index is 12.0. The number of nitrogens with one attached hydrogen (secondary N) is 2. The smallest absolute Gasteiger partial charge is 0.407 e. The molecule has 2 saturated carbocycles. The monoisotopic (exact) mass is 288 g/mol. The Kier molecular flexibility index (Phi) is 4.76. The van der Waals surface area contributed by atoms with Gasteiger partial charge >= 0.3 is 6.09 Å². The molecule has 1 aromatic rings. The number of amides is 1. The van der Waals surface area contributed by atoms with Crippen molar-refractivity contribution >= 4 is 6.09 Å². The van der Waals surface area contributed by atoms with Gasteiger partial charge in [-0.25, -0.2) is 4.79 Å². The summed E-state index contributed by atoms with van der Waals surface area (Å²) in [7, 11) is 0. The number of rotatable bonds is 5. The Bertz CT molecular complexity index is 459. The van der Waals surface area contributed by atoms with Crippen molar-refractivity contribution in [2.75, 3.05) is 0 Å². The fourth-order valence-corrected chi connectivity index (χ4v) is 2.97. The number of hydrogen-bond acceptors (Lipinski definition) is 3. The standard InChI is InChI=1S/C17H24N2O2/c20-17(21-12-13-6-2-1-3-7-13)19-16-9-5-4-8-15(16)18-14-10-11-14/h1-3,6-7,14-16,18H,4-5,8-12H2,(H,19,20)/t15-,16+/m1/s1. The molecule has 4 nitrogen and oxygen atoms in total. The van der Waals surface area contributed by atoms with E-state index in [0.29, 0.717) is 18.7 Å². The molecule has 4 heteroatoms. The SMILES string of the molecule is O=C(N[C@H]1CCCC[C@H]1NC1CC1)OCc1ccccc1. The zero-order valence-electron chi connectivity index (χ0n) is 12.4. The van der Waals surface area contributed by atoms with Crippen LogP contribution in [0.5, 0.6) is 0 Å². The summed E-state index contributed by atoms with van der Waals surface area (Å²) >= 11 is 0. The third-order valence-corrected chi connectivity index (χ3v) is 4.31. The lowest BCUT2D eigenvalue weighted by Crippen LogP contribution is -2.52. The first-order valence-electron chi connectivity index (χ1n) is 8.04. The van der Waals surface area contributed by atoms with Crippen molar-refractivity contribution in [2.45, 2.75) is 63.3 Å². The minimum atomic E-state index is -0.298. The van der Waals surface area contributed by atoms with E-state index in [4.69, 9.17) is 4.74 Å². The molecular weight excluding hydrogens is 264 g/mol. The van der Waals surface area contributed by atoms with Crippen LogP contribution >= 0.6 is 0 Å². The first-order valence-corrected chi connectivity index (χ1v) is 8.04. The Morgan fingerprint density at radius 3 is 2.48 bits per heavy atom. The van der Waals surface area contributed by atoms with E-state index in [1.165, 1.54) is 25.7 Å². The van der Waals surface area contributed by atoms with E-state index < -0.39 is 0 Å². The number of hydrogen-bond donors (Lipinski definition) is 2. The van der Waals surface area contributed by atoms with Gasteiger partial charge in [-0.2, -0.15) is 0 Å². The molecule has 3 rings (SSSR count). The second-order valence-corrected chi connectivity index (χ2v) is 6.14. The quantitative estimate of drug-likeness (QED) is 0.876. The largest absolute Gasteiger partial charge is 0.445 e. The third-order valence-electron chi connectivity index (χ3n) is 4.31. The Labute approximate surface area is 126 Å². The highest BCUT2D eigenvalue weighted by Crippen LogP contribution is 2.25. The van der Waals surface area contributed by atoms with Gasteiger partial charge in [0, 0.05) is 18.1 Å². The third kappa shape index (κ3) is 4.46.